The lowest BCUT2D eigenvalue weighted by Crippen LogP contribution is -2.40. The van der Waals surface area contributed by atoms with Gasteiger partial charge < -0.3 is 3.87 Å². The molecule has 0 aliphatic carbocycles. The first-order chi connectivity index (χ1) is 11.0. The van der Waals surface area contributed by atoms with Crippen molar-refractivity contribution in [3.8, 4) is 0 Å². The molecular formula is C18H32O3SSi. The molecule has 3 nitrogen and oxygen atoms in total. The highest BCUT2D eigenvalue weighted by atomic mass is 32.2. The van der Waals surface area contributed by atoms with Crippen LogP contribution in [-0.4, -0.2) is 16.7 Å². The van der Waals surface area contributed by atoms with Crippen molar-refractivity contribution in [2.45, 2.75) is 82.3 Å². The SMILES string of the molecule is CCCC[Si](CCCC)(CCCC)OS(=O)(=O)c1ccccc1. The van der Waals surface area contributed by atoms with Crippen LogP contribution in [0, 0.1) is 0 Å². The lowest BCUT2D eigenvalue weighted by molar-refractivity contribution is 0.465. The van der Waals surface area contributed by atoms with Crippen molar-refractivity contribution in [2.75, 3.05) is 0 Å². The molecule has 1 rings (SSSR count). The van der Waals surface area contributed by atoms with Gasteiger partial charge in [-0.1, -0.05) is 77.5 Å². The molecule has 1 aromatic carbocycles. The minimum atomic E-state index is -3.65. The zero-order valence-electron chi connectivity index (χ0n) is 14.9. The molecule has 0 bridgehead atoms. The standard InChI is InChI=1S/C18H32O3SSi/c1-4-7-15-23(16-8-5-2,17-9-6-3)21-22(19,20)18-13-11-10-12-14-18/h10-14H,4-9,15-17H2,1-3H3. The topological polar surface area (TPSA) is 43.4 Å². The van der Waals surface area contributed by atoms with Crippen LogP contribution in [0.3, 0.4) is 0 Å². The van der Waals surface area contributed by atoms with Crippen LogP contribution in [0.15, 0.2) is 35.2 Å². The predicted octanol–water partition coefficient (Wildman–Crippen LogP) is 5.74. The predicted molar refractivity (Wildman–Crippen MR) is 99.6 cm³/mol. The Hall–Kier alpha value is -0.653. The van der Waals surface area contributed by atoms with Crippen LogP contribution >= 0.6 is 0 Å². The highest BCUT2D eigenvalue weighted by Gasteiger charge is 2.38. The third-order valence-corrected chi connectivity index (χ3v) is 11.2. The summed E-state index contributed by atoms with van der Waals surface area (Å²) in [5, 5.41) is 0. The smallest absolute Gasteiger partial charge is 0.287 e. The first-order valence-corrected chi connectivity index (χ1v) is 12.9. The Morgan fingerprint density at radius 1 is 0.826 bits per heavy atom. The Labute approximate surface area is 143 Å². The first-order valence-electron chi connectivity index (χ1n) is 9.00. The summed E-state index contributed by atoms with van der Waals surface area (Å²) in [5.41, 5.74) is 0. The maximum Gasteiger partial charge on any atom is 0.287 e. The van der Waals surface area contributed by atoms with Crippen molar-refractivity contribution < 1.29 is 12.3 Å². The Balaban J connectivity index is 3.04. The van der Waals surface area contributed by atoms with Gasteiger partial charge in [0.1, 0.15) is 0 Å². The third-order valence-electron chi connectivity index (χ3n) is 4.28. The number of hydrogen-bond acceptors (Lipinski definition) is 3. The van der Waals surface area contributed by atoms with Gasteiger partial charge in [0, 0.05) is 0 Å². The summed E-state index contributed by atoms with van der Waals surface area (Å²) in [7, 11) is -5.91. The van der Waals surface area contributed by atoms with E-state index in [9.17, 15) is 8.42 Å². The maximum atomic E-state index is 12.7. The Morgan fingerprint density at radius 2 is 1.26 bits per heavy atom. The molecule has 0 aliphatic heterocycles. The molecule has 0 unspecified atom stereocenters. The molecule has 0 fully saturated rings. The van der Waals surface area contributed by atoms with Crippen molar-refractivity contribution in [3.05, 3.63) is 30.3 Å². The van der Waals surface area contributed by atoms with E-state index in [1.165, 1.54) is 0 Å². The number of hydrogen-bond donors (Lipinski definition) is 0. The van der Waals surface area contributed by atoms with Gasteiger partial charge >= 0.3 is 0 Å². The quantitative estimate of drug-likeness (QED) is 0.449. The molecule has 0 saturated carbocycles. The van der Waals surface area contributed by atoms with Crippen molar-refractivity contribution >= 4 is 18.4 Å². The minimum Gasteiger partial charge on any atom is -0.311 e. The van der Waals surface area contributed by atoms with Gasteiger partial charge in [-0.3, -0.25) is 0 Å². The molecule has 0 atom stereocenters. The Morgan fingerprint density at radius 3 is 1.65 bits per heavy atom. The van der Waals surface area contributed by atoms with Gasteiger partial charge in [0.05, 0.1) is 4.90 Å². The van der Waals surface area contributed by atoms with E-state index in [-0.39, 0.29) is 0 Å². The van der Waals surface area contributed by atoms with Crippen molar-refractivity contribution in [1.82, 2.24) is 0 Å². The highest BCUT2D eigenvalue weighted by molar-refractivity contribution is 7.87. The van der Waals surface area contributed by atoms with Crippen molar-refractivity contribution in [1.29, 1.82) is 0 Å². The molecule has 0 spiro atoms. The van der Waals surface area contributed by atoms with Gasteiger partial charge in [-0.25, -0.2) is 0 Å². The Bertz CT molecular complexity index is 507. The van der Waals surface area contributed by atoms with Gasteiger partial charge in [-0.05, 0) is 30.3 Å². The molecular weight excluding hydrogens is 324 g/mol. The summed E-state index contributed by atoms with van der Waals surface area (Å²) in [6.45, 7) is 6.47. The second kappa shape index (κ2) is 10.3. The average molecular weight is 357 g/mol. The van der Waals surface area contributed by atoms with Gasteiger partial charge in [0.25, 0.3) is 10.1 Å². The summed E-state index contributed by atoms with van der Waals surface area (Å²) in [6, 6.07) is 11.5. The normalized spacial score (nSPS) is 12.5. The summed E-state index contributed by atoms with van der Waals surface area (Å²) in [4.78, 5) is 0.293. The van der Waals surface area contributed by atoms with Crippen molar-refractivity contribution in [2.24, 2.45) is 0 Å². The van der Waals surface area contributed by atoms with E-state index in [1.807, 2.05) is 6.07 Å². The molecule has 0 aliphatic rings. The third kappa shape index (κ3) is 6.77. The fraction of sp³-hybridized carbons (Fsp3) is 0.667. The lowest BCUT2D eigenvalue weighted by atomic mass is 10.4. The number of unbranched alkanes of at least 4 members (excludes halogenated alkanes) is 3. The molecule has 0 radical (unpaired) electrons. The second-order valence-corrected chi connectivity index (χ2v) is 12.3. The molecule has 0 amide bonds. The van der Waals surface area contributed by atoms with Crippen LogP contribution in [0.25, 0.3) is 0 Å². The van der Waals surface area contributed by atoms with Crippen LogP contribution in [0.2, 0.25) is 18.1 Å². The minimum absolute atomic E-state index is 0.293. The number of benzene rings is 1. The summed E-state index contributed by atoms with van der Waals surface area (Å²) in [5.74, 6) is 0. The van der Waals surface area contributed by atoms with E-state index >= 15 is 0 Å². The van der Waals surface area contributed by atoms with Crippen LogP contribution in [-0.2, 0) is 14.0 Å². The maximum absolute atomic E-state index is 12.7. The van der Waals surface area contributed by atoms with E-state index in [0.717, 1.165) is 56.7 Å². The van der Waals surface area contributed by atoms with E-state index in [4.69, 9.17) is 3.87 Å². The average Bonchev–Trinajstić information content (AvgIpc) is 2.56. The molecule has 5 heteroatoms. The summed E-state index contributed by atoms with van der Waals surface area (Å²) >= 11 is 0. The van der Waals surface area contributed by atoms with Crippen LogP contribution < -0.4 is 0 Å². The van der Waals surface area contributed by atoms with E-state index in [2.05, 4.69) is 20.8 Å². The van der Waals surface area contributed by atoms with Crippen LogP contribution in [0.4, 0.5) is 0 Å². The molecule has 0 N–H and O–H groups in total. The number of rotatable bonds is 12. The zero-order chi connectivity index (χ0) is 17.2. The summed E-state index contributed by atoms with van der Waals surface area (Å²) in [6.07, 6.45) is 6.43. The zero-order valence-corrected chi connectivity index (χ0v) is 16.7. The van der Waals surface area contributed by atoms with Crippen molar-refractivity contribution in [3.63, 3.8) is 0 Å². The van der Waals surface area contributed by atoms with Gasteiger partial charge in [-0.2, -0.15) is 8.42 Å². The van der Waals surface area contributed by atoms with E-state index < -0.39 is 18.4 Å². The van der Waals surface area contributed by atoms with E-state index in [0.29, 0.717) is 4.90 Å². The Kier molecular flexibility index (Phi) is 9.10. The molecule has 1 aromatic rings. The van der Waals surface area contributed by atoms with Crippen LogP contribution in [0.1, 0.15) is 59.3 Å². The molecule has 23 heavy (non-hydrogen) atoms. The largest absolute Gasteiger partial charge is 0.311 e. The van der Waals surface area contributed by atoms with Crippen LogP contribution in [0.5, 0.6) is 0 Å². The monoisotopic (exact) mass is 356 g/mol. The molecule has 0 saturated heterocycles. The molecule has 0 aromatic heterocycles. The fourth-order valence-electron chi connectivity index (χ4n) is 2.86. The molecule has 0 heterocycles. The second-order valence-electron chi connectivity index (χ2n) is 6.34. The first kappa shape index (κ1) is 20.4. The van der Waals surface area contributed by atoms with Gasteiger partial charge in [0.2, 0.25) is 8.32 Å². The highest BCUT2D eigenvalue weighted by Crippen LogP contribution is 2.32. The molecule has 132 valence electrons. The summed E-state index contributed by atoms with van der Waals surface area (Å²) < 4.78 is 31.5. The fourth-order valence-corrected chi connectivity index (χ4v) is 10.3. The van der Waals surface area contributed by atoms with E-state index in [1.54, 1.807) is 24.3 Å². The van der Waals surface area contributed by atoms with Gasteiger partial charge in [0.15, 0.2) is 0 Å². The van der Waals surface area contributed by atoms with Gasteiger partial charge in [-0.15, -0.1) is 0 Å². The lowest BCUT2D eigenvalue weighted by Gasteiger charge is -2.31.